The molecule has 0 amide bonds. The zero-order chi connectivity index (χ0) is 11.7. The van der Waals surface area contributed by atoms with E-state index in [0.717, 1.165) is 0 Å². The minimum atomic E-state index is -0.817. The number of carbonyl (C=O) groups excluding carboxylic acids is 2. The maximum Gasteiger partial charge on any atom is 0.419 e. The summed E-state index contributed by atoms with van der Waals surface area (Å²) in [5.74, 6) is -0.512. The summed E-state index contributed by atoms with van der Waals surface area (Å²) in [5.41, 5.74) is 0. The Morgan fingerprint density at radius 1 is 1.47 bits per heavy atom. The van der Waals surface area contributed by atoms with Gasteiger partial charge >= 0.3 is 12.4 Å². The van der Waals surface area contributed by atoms with E-state index in [1.807, 2.05) is 0 Å². The average Bonchev–Trinajstić information content (AvgIpc) is 2.19. The first kappa shape index (κ1) is 13.9. The van der Waals surface area contributed by atoms with Crippen molar-refractivity contribution in [3.8, 4) is 0 Å². The maximum atomic E-state index is 11.2. The second kappa shape index (κ2) is 8.19. The fraction of sp³-hybridized carbons (Fsp3) is 0.778. The standard InChI is InChI=1S/C9H15O6/c1-4-13-9(11)8(12-3)5-14-7(2)15-6-10/h7-8H,4-5H2,1-3H3. The van der Waals surface area contributed by atoms with Gasteiger partial charge in [0.2, 0.25) is 6.29 Å². The van der Waals surface area contributed by atoms with E-state index in [-0.39, 0.29) is 13.2 Å². The molecular weight excluding hydrogens is 204 g/mol. The predicted molar refractivity (Wildman–Crippen MR) is 49.6 cm³/mol. The molecule has 1 radical (unpaired) electrons. The van der Waals surface area contributed by atoms with Crippen LogP contribution in [0.5, 0.6) is 0 Å². The van der Waals surface area contributed by atoms with Crippen LogP contribution in [-0.2, 0) is 28.5 Å². The van der Waals surface area contributed by atoms with Crippen LogP contribution >= 0.6 is 0 Å². The summed E-state index contributed by atoms with van der Waals surface area (Å²) in [6, 6.07) is 0. The molecule has 0 aliphatic rings. The van der Waals surface area contributed by atoms with Crippen LogP contribution in [-0.4, -0.2) is 45.2 Å². The van der Waals surface area contributed by atoms with E-state index in [2.05, 4.69) is 4.74 Å². The Morgan fingerprint density at radius 2 is 2.13 bits per heavy atom. The van der Waals surface area contributed by atoms with Crippen molar-refractivity contribution in [1.82, 2.24) is 0 Å². The van der Waals surface area contributed by atoms with Crippen LogP contribution in [0.1, 0.15) is 13.8 Å². The van der Waals surface area contributed by atoms with Gasteiger partial charge in [0.15, 0.2) is 6.10 Å². The number of esters is 1. The number of rotatable bonds is 8. The van der Waals surface area contributed by atoms with Gasteiger partial charge in [-0.3, -0.25) is 0 Å². The number of ether oxygens (including phenoxy) is 4. The molecule has 2 atom stereocenters. The van der Waals surface area contributed by atoms with Crippen molar-refractivity contribution in [3.63, 3.8) is 0 Å². The fourth-order valence-corrected chi connectivity index (χ4v) is 0.792. The minimum Gasteiger partial charge on any atom is -0.464 e. The van der Waals surface area contributed by atoms with Gasteiger partial charge in [-0.2, -0.15) is 0 Å². The van der Waals surface area contributed by atoms with Gasteiger partial charge in [-0.25, -0.2) is 9.59 Å². The summed E-state index contributed by atoms with van der Waals surface area (Å²) in [6.07, 6.45) is -1.59. The monoisotopic (exact) mass is 219 g/mol. The average molecular weight is 219 g/mol. The lowest BCUT2D eigenvalue weighted by molar-refractivity contribution is -0.165. The highest BCUT2D eigenvalue weighted by molar-refractivity contribution is 5.74. The molecule has 0 aliphatic heterocycles. The summed E-state index contributed by atoms with van der Waals surface area (Å²) in [5, 5.41) is 0. The molecule has 6 nitrogen and oxygen atoms in total. The Kier molecular flexibility index (Phi) is 7.57. The van der Waals surface area contributed by atoms with Crippen molar-refractivity contribution < 1.29 is 28.5 Å². The van der Waals surface area contributed by atoms with Gasteiger partial charge in [0.1, 0.15) is 0 Å². The second-order valence-electron chi connectivity index (χ2n) is 2.58. The van der Waals surface area contributed by atoms with Crippen molar-refractivity contribution in [3.05, 3.63) is 0 Å². The molecular formula is C9H15O6. The zero-order valence-electron chi connectivity index (χ0n) is 9.02. The third-order valence-electron chi connectivity index (χ3n) is 1.53. The summed E-state index contributed by atoms with van der Waals surface area (Å²) in [7, 11) is 1.36. The van der Waals surface area contributed by atoms with Gasteiger partial charge in [-0.05, 0) is 13.8 Å². The van der Waals surface area contributed by atoms with Gasteiger partial charge < -0.3 is 18.9 Å². The van der Waals surface area contributed by atoms with Crippen LogP contribution < -0.4 is 0 Å². The molecule has 0 aliphatic carbocycles. The smallest absolute Gasteiger partial charge is 0.419 e. The number of carbonyl (C=O) groups is 1. The zero-order valence-corrected chi connectivity index (χ0v) is 9.02. The first-order valence-corrected chi connectivity index (χ1v) is 4.49. The molecule has 0 saturated heterocycles. The molecule has 0 saturated carbocycles. The van der Waals surface area contributed by atoms with E-state index in [0.29, 0.717) is 0 Å². The molecule has 0 heterocycles. The SMILES string of the molecule is CCOC(=O)C(COC(C)O[C]=O)OC. The highest BCUT2D eigenvalue weighted by Gasteiger charge is 2.20. The molecule has 15 heavy (non-hydrogen) atoms. The largest absolute Gasteiger partial charge is 0.464 e. The van der Waals surface area contributed by atoms with Crippen LogP contribution in [0.15, 0.2) is 0 Å². The van der Waals surface area contributed by atoms with E-state index in [4.69, 9.17) is 14.2 Å². The normalized spacial score (nSPS) is 14.1. The third kappa shape index (κ3) is 6.03. The second-order valence-corrected chi connectivity index (χ2v) is 2.58. The van der Waals surface area contributed by atoms with Crippen LogP contribution in [0.4, 0.5) is 0 Å². The molecule has 6 heteroatoms. The highest BCUT2D eigenvalue weighted by atomic mass is 16.7. The van der Waals surface area contributed by atoms with E-state index in [1.54, 1.807) is 6.92 Å². The Bertz CT molecular complexity index is 193. The number of methoxy groups -OCH3 is 1. The van der Waals surface area contributed by atoms with Gasteiger partial charge in [-0.15, -0.1) is 0 Å². The van der Waals surface area contributed by atoms with Crippen LogP contribution in [0.2, 0.25) is 0 Å². The van der Waals surface area contributed by atoms with Gasteiger partial charge in [0, 0.05) is 7.11 Å². The molecule has 0 rings (SSSR count). The lowest BCUT2D eigenvalue weighted by atomic mass is 10.4. The third-order valence-corrected chi connectivity index (χ3v) is 1.53. The highest BCUT2D eigenvalue weighted by Crippen LogP contribution is 1.99. The number of hydrogen-bond donors (Lipinski definition) is 0. The molecule has 0 bridgehead atoms. The summed E-state index contributed by atoms with van der Waals surface area (Å²) < 4.78 is 18.9. The first-order valence-electron chi connectivity index (χ1n) is 4.49. The molecule has 0 fully saturated rings. The quantitative estimate of drug-likeness (QED) is 0.423. The summed E-state index contributed by atoms with van der Waals surface area (Å²) >= 11 is 0. The Hall–Kier alpha value is -1.14. The van der Waals surface area contributed by atoms with E-state index >= 15 is 0 Å². The predicted octanol–water partition coefficient (Wildman–Crippen LogP) is 0.0109. The molecule has 2 unspecified atom stereocenters. The van der Waals surface area contributed by atoms with Crippen molar-refractivity contribution in [1.29, 1.82) is 0 Å². The van der Waals surface area contributed by atoms with Gasteiger partial charge in [0.05, 0.1) is 13.2 Å². The lowest BCUT2D eigenvalue weighted by Crippen LogP contribution is -2.32. The first-order chi connectivity index (χ1) is 7.15. The summed E-state index contributed by atoms with van der Waals surface area (Å²) in [6.45, 7) is 4.65. The summed E-state index contributed by atoms with van der Waals surface area (Å²) in [4.78, 5) is 21.0. The fourth-order valence-electron chi connectivity index (χ4n) is 0.792. The topological polar surface area (TPSA) is 71.1 Å². The molecule has 87 valence electrons. The van der Waals surface area contributed by atoms with Crippen molar-refractivity contribution in [2.45, 2.75) is 26.2 Å². The van der Waals surface area contributed by atoms with Crippen molar-refractivity contribution >= 4 is 12.4 Å². The van der Waals surface area contributed by atoms with Crippen LogP contribution in [0.25, 0.3) is 0 Å². The van der Waals surface area contributed by atoms with Crippen LogP contribution in [0.3, 0.4) is 0 Å². The molecule has 0 aromatic carbocycles. The minimum absolute atomic E-state index is 0.0435. The molecule has 0 aromatic rings. The maximum absolute atomic E-state index is 11.2. The Balaban J connectivity index is 3.88. The molecule has 0 aromatic heterocycles. The van der Waals surface area contributed by atoms with Gasteiger partial charge in [-0.1, -0.05) is 0 Å². The Labute approximate surface area is 88.4 Å². The van der Waals surface area contributed by atoms with E-state index < -0.39 is 18.4 Å². The Morgan fingerprint density at radius 3 is 2.60 bits per heavy atom. The van der Waals surface area contributed by atoms with Crippen LogP contribution in [0, 0.1) is 0 Å². The molecule has 0 N–H and O–H groups in total. The van der Waals surface area contributed by atoms with Crippen molar-refractivity contribution in [2.24, 2.45) is 0 Å². The van der Waals surface area contributed by atoms with E-state index in [9.17, 15) is 9.59 Å². The lowest BCUT2D eigenvalue weighted by Gasteiger charge is -2.16. The van der Waals surface area contributed by atoms with Gasteiger partial charge in [0.25, 0.3) is 0 Å². The van der Waals surface area contributed by atoms with E-state index in [1.165, 1.54) is 20.5 Å². The molecule has 0 spiro atoms. The number of hydrogen-bond acceptors (Lipinski definition) is 6. The van der Waals surface area contributed by atoms with Crippen molar-refractivity contribution in [2.75, 3.05) is 20.3 Å².